The summed E-state index contributed by atoms with van der Waals surface area (Å²) in [6, 6.07) is 8.36. The molecular weight excluding hydrogens is 671 g/mol. The number of likely N-dealkylation sites (N-methyl/N-ethyl adjacent to an activating group) is 1. The molecule has 2 aromatic carbocycles. The number of cyclic esters (lactones) is 1. The fourth-order valence-electron chi connectivity index (χ4n) is 6.10. The van der Waals surface area contributed by atoms with Gasteiger partial charge in [-0.1, -0.05) is 73.0 Å². The Hall–Kier alpha value is -4.06. The Morgan fingerprint density at radius 1 is 1.00 bits per heavy atom. The lowest BCUT2D eigenvalue weighted by atomic mass is 9.95. The maximum atomic E-state index is 14.5. The first-order valence-corrected chi connectivity index (χ1v) is 16.9. The summed E-state index contributed by atoms with van der Waals surface area (Å²) in [4.78, 5) is 59.7. The van der Waals surface area contributed by atoms with Crippen LogP contribution in [0.3, 0.4) is 0 Å². The lowest BCUT2D eigenvalue weighted by molar-refractivity contribution is -0.164. The number of phenolic OH excluding ortho intramolecular Hbond substituents is 1. The number of aromatic amines is 1. The number of hydrogen-bond acceptors (Lipinski definition) is 7. The van der Waals surface area contributed by atoms with E-state index in [0.29, 0.717) is 22.7 Å². The number of aromatic nitrogens is 1. The molecule has 7 atom stereocenters. The van der Waals surface area contributed by atoms with E-state index in [0.717, 1.165) is 16.5 Å². The van der Waals surface area contributed by atoms with Gasteiger partial charge in [0.25, 0.3) is 0 Å². The van der Waals surface area contributed by atoms with Crippen molar-refractivity contribution in [1.82, 2.24) is 20.5 Å². The summed E-state index contributed by atoms with van der Waals surface area (Å²) in [5, 5.41) is 16.9. The molecule has 13 heteroatoms. The van der Waals surface area contributed by atoms with Gasteiger partial charge in [-0.05, 0) is 56.5 Å². The van der Waals surface area contributed by atoms with E-state index in [4.69, 9.17) is 32.7 Å². The molecule has 0 spiro atoms. The molecule has 49 heavy (non-hydrogen) atoms. The predicted molar refractivity (Wildman–Crippen MR) is 188 cm³/mol. The number of fused-ring (bicyclic) bond motifs is 1. The number of amides is 3. The fraction of sp³-hybridized carbons (Fsp3) is 0.444. The zero-order valence-corrected chi connectivity index (χ0v) is 30.2. The minimum absolute atomic E-state index is 0.00903. The largest absolute Gasteiger partial charge is 0.506 e. The number of nitrogens with zero attached hydrogens (tertiary/aromatic N) is 1. The molecule has 0 saturated carbocycles. The second-order valence-corrected chi connectivity index (χ2v) is 13.6. The third-order valence-corrected chi connectivity index (χ3v) is 9.71. The van der Waals surface area contributed by atoms with Crippen LogP contribution in [0.5, 0.6) is 5.75 Å². The number of aromatic hydroxyl groups is 1. The Bertz CT molecular complexity index is 1740. The highest BCUT2D eigenvalue weighted by molar-refractivity contribution is 6.32. The summed E-state index contributed by atoms with van der Waals surface area (Å²) in [5.41, 5.74) is 2.61. The van der Waals surface area contributed by atoms with Crippen LogP contribution in [-0.4, -0.2) is 77.1 Å². The van der Waals surface area contributed by atoms with Gasteiger partial charge in [0.15, 0.2) is 6.10 Å². The Balaban J connectivity index is 1.84. The van der Waals surface area contributed by atoms with Crippen molar-refractivity contribution in [3.05, 3.63) is 75.4 Å². The first kappa shape index (κ1) is 37.8. The van der Waals surface area contributed by atoms with Crippen LogP contribution in [0.1, 0.15) is 58.2 Å². The number of para-hydroxylation sites is 1. The second kappa shape index (κ2) is 16.1. The average molecular weight is 716 g/mol. The zero-order valence-electron chi connectivity index (χ0n) is 28.7. The summed E-state index contributed by atoms with van der Waals surface area (Å²) >= 11 is 12.9. The zero-order chi connectivity index (χ0) is 36.2. The van der Waals surface area contributed by atoms with Crippen molar-refractivity contribution in [1.29, 1.82) is 0 Å². The highest BCUT2D eigenvalue weighted by Gasteiger charge is 2.38. The van der Waals surface area contributed by atoms with Crippen LogP contribution in [0.2, 0.25) is 10.2 Å². The summed E-state index contributed by atoms with van der Waals surface area (Å²) in [7, 11) is 2.80. The van der Waals surface area contributed by atoms with Gasteiger partial charge in [0.1, 0.15) is 29.1 Å². The number of carbonyl (C=O) groups excluding carboxylic acids is 4. The molecule has 0 fully saturated rings. The van der Waals surface area contributed by atoms with Gasteiger partial charge in [0, 0.05) is 43.3 Å². The van der Waals surface area contributed by atoms with E-state index in [1.807, 2.05) is 44.2 Å². The van der Waals surface area contributed by atoms with E-state index in [-0.39, 0.29) is 29.0 Å². The average Bonchev–Trinajstić information content (AvgIpc) is 3.37. The van der Waals surface area contributed by atoms with E-state index < -0.39 is 54.0 Å². The molecule has 4 rings (SSSR count). The number of esters is 1. The minimum atomic E-state index is -1.35. The van der Waals surface area contributed by atoms with Crippen LogP contribution in [-0.2, 0) is 35.1 Å². The summed E-state index contributed by atoms with van der Waals surface area (Å²) in [5.74, 6) is -3.10. The molecule has 1 aliphatic rings. The molecule has 2 heterocycles. The molecule has 1 unspecified atom stereocenters. The van der Waals surface area contributed by atoms with Crippen LogP contribution in [0.15, 0.2) is 54.1 Å². The van der Waals surface area contributed by atoms with E-state index in [1.165, 1.54) is 37.3 Å². The molecular formula is C36H44Cl2N4O7. The Labute approximate surface area is 296 Å². The van der Waals surface area contributed by atoms with Crippen LogP contribution in [0, 0.1) is 11.8 Å². The SMILES string of the molecule is CO[C@@H]1C(=O)O[C@H](C)[C@@H](C)C=C(C)C[C@H](C)C(=O)N[C@@H](C)C(=O)N(C)[C@H](Cc2c(Cl)[nH]c3ccccc23)C(=O)NC1c1ccc(O)c(Cl)c1. The minimum Gasteiger partial charge on any atom is -0.506 e. The van der Waals surface area contributed by atoms with Crippen molar-refractivity contribution in [3.8, 4) is 5.75 Å². The first-order chi connectivity index (χ1) is 23.1. The molecule has 0 bridgehead atoms. The maximum absolute atomic E-state index is 14.5. The maximum Gasteiger partial charge on any atom is 0.338 e. The number of hydrogen-bond donors (Lipinski definition) is 4. The number of benzene rings is 2. The number of carbonyl (C=O) groups is 4. The number of allylic oxidation sites excluding steroid dienone is 1. The van der Waals surface area contributed by atoms with E-state index in [1.54, 1.807) is 20.8 Å². The van der Waals surface area contributed by atoms with Gasteiger partial charge in [-0.25, -0.2) is 4.79 Å². The van der Waals surface area contributed by atoms with Gasteiger partial charge in [-0.3, -0.25) is 14.4 Å². The monoisotopic (exact) mass is 714 g/mol. The normalized spacial score (nSPS) is 26.8. The molecule has 1 aliphatic heterocycles. The smallest absolute Gasteiger partial charge is 0.338 e. The van der Waals surface area contributed by atoms with E-state index in [9.17, 15) is 24.3 Å². The van der Waals surface area contributed by atoms with Crippen molar-refractivity contribution in [3.63, 3.8) is 0 Å². The molecule has 0 saturated heterocycles. The van der Waals surface area contributed by atoms with Gasteiger partial charge in [0.05, 0.1) is 11.1 Å². The first-order valence-electron chi connectivity index (χ1n) is 16.1. The van der Waals surface area contributed by atoms with Crippen molar-refractivity contribution in [2.45, 2.75) is 77.8 Å². The number of rotatable bonds is 4. The molecule has 11 nitrogen and oxygen atoms in total. The number of halogens is 2. The van der Waals surface area contributed by atoms with Gasteiger partial charge in [-0.15, -0.1) is 0 Å². The molecule has 1 aromatic heterocycles. The van der Waals surface area contributed by atoms with Gasteiger partial charge >= 0.3 is 5.97 Å². The van der Waals surface area contributed by atoms with Crippen molar-refractivity contribution < 1.29 is 33.8 Å². The molecule has 3 amide bonds. The number of H-pyrrole nitrogens is 1. The molecule has 3 aromatic rings. The molecule has 4 N–H and O–H groups in total. The van der Waals surface area contributed by atoms with Gasteiger partial charge in [0.2, 0.25) is 17.7 Å². The second-order valence-electron chi connectivity index (χ2n) is 12.8. The van der Waals surface area contributed by atoms with Crippen LogP contribution in [0.25, 0.3) is 10.9 Å². The van der Waals surface area contributed by atoms with E-state index in [2.05, 4.69) is 15.6 Å². The van der Waals surface area contributed by atoms with Crippen LogP contribution >= 0.6 is 23.2 Å². The van der Waals surface area contributed by atoms with Gasteiger partial charge < -0.3 is 35.1 Å². The highest BCUT2D eigenvalue weighted by Crippen LogP contribution is 2.32. The summed E-state index contributed by atoms with van der Waals surface area (Å²) in [6.07, 6.45) is 0.400. The van der Waals surface area contributed by atoms with Crippen molar-refractivity contribution in [2.75, 3.05) is 14.2 Å². The topological polar surface area (TPSA) is 150 Å². The van der Waals surface area contributed by atoms with Gasteiger partial charge in [-0.2, -0.15) is 0 Å². The number of phenols is 1. The Morgan fingerprint density at radius 2 is 1.69 bits per heavy atom. The lowest BCUT2D eigenvalue weighted by Crippen LogP contribution is -2.56. The lowest BCUT2D eigenvalue weighted by Gasteiger charge is -2.33. The molecule has 0 aliphatic carbocycles. The van der Waals surface area contributed by atoms with Crippen molar-refractivity contribution in [2.24, 2.45) is 11.8 Å². The molecule has 0 radical (unpaired) electrons. The van der Waals surface area contributed by atoms with E-state index >= 15 is 0 Å². The van der Waals surface area contributed by atoms with Crippen LogP contribution in [0.4, 0.5) is 0 Å². The fourth-order valence-corrected chi connectivity index (χ4v) is 6.57. The van der Waals surface area contributed by atoms with Crippen LogP contribution < -0.4 is 10.6 Å². The number of methoxy groups -OCH3 is 1. The van der Waals surface area contributed by atoms with Crippen molar-refractivity contribution >= 4 is 57.8 Å². The Morgan fingerprint density at radius 3 is 2.37 bits per heavy atom. The standard InChI is InChI=1S/C36H44Cl2N4O7/c1-18-14-19(2)22(5)49-36(47)31(48-7)30(23-12-13-29(43)26(37)16-23)41-34(45)28(17-25-24-10-8-9-11-27(24)40-32(25)38)42(6)35(46)21(4)39-33(44)20(3)15-18/h8-14,16,19-22,28,30-31,40,43H,15,17H2,1-7H3,(H,39,44)(H,41,45)/t19-,20-,21-,22+,28+,30?,31-/m0/s1. The highest BCUT2D eigenvalue weighted by atomic mass is 35.5. The Kier molecular flexibility index (Phi) is 12.4. The number of ether oxygens (including phenoxy) is 2. The third kappa shape index (κ3) is 8.76. The summed E-state index contributed by atoms with van der Waals surface area (Å²) in [6.45, 7) is 8.88. The summed E-state index contributed by atoms with van der Waals surface area (Å²) < 4.78 is 11.5. The third-order valence-electron chi connectivity index (χ3n) is 9.09. The predicted octanol–water partition coefficient (Wildman–Crippen LogP) is 5.48. The number of nitrogens with one attached hydrogen (secondary N) is 3. The molecule has 264 valence electrons. The quantitative estimate of drug-likeness (QED) is 0.207.